The second-order valence-corrected chi connectivity index (χ2v) is 8.55. The lowest BCUT2D eigenvalue weighted by atomic mass is 9.83. The summed E-state index contributed by atoms with van der Waals surface area (Å²) in [5.41, 5.74) is 1.65. The number of likely N-dealkylation sites (tertiary alicyclic amines) is 2. The number of alkyl halides is 3. The number of benzene rings is 1. The SMILES string of the molecule is COCn1cnc(C2CC(c3ccc(OC(F)(F)F)cc3)CN(C(=O)N3CCC(O)C3)C2)c1. The standard InChI is InChI=1S/C22H27F3N4O4/c1-32-14-27-12-20(26-13-27)17-8-16(15-2-4-19(5-3-15)33-22(23,24)25)9-29(10-17)21(31)28-7-6-18(30)11-28/h2-5,12-13,16-18,30H,6-11,14H2,1H3. The number of β-amino-alcohol motifs (C(OH)–C–C–N with tert-alkyl or cyclic N) is 1. The van der Waals surface area contributed by atoms with Crippen molar-refractivity contribution in [3.05, 3.63) is 48.0 Å². The molecule has 4 rings (SSSR count). The van der Waals surface area contributed by atoms with Crippen LogP contribution >= 0.6 is 0 Å². The van der Waals surface area contributed by atoms with E-state index < -0.39 is 12.5 Å². The molecule has 1 aromatic carbocycles. The first-order valence-electron chi connectivity index (χ1n) is 10.8. The predicted molar refractivity (Wildman–Crippen MR) is 112 cm³/mol. The van der Waals surface area contributed by atoms with Gasteiger partial charge >= 0.3 is 12.4 Å². The smallest absolute Gasteiger partial charge is 0.406 e. The maximum atomic E-state index is 13.2. The molecule has 0 spiro atoms. The van der Waals surface area contributed by atoms with Crippen molar-refractivity contribution in [2.45, 2.75) is 43.9 Å². The van der Waals surface area contributed by atoms with Crippen molar-refractivity contribution < 1.29 is 32.5 Å². The molecule has 8 nitrogen and oxygen atoms in total. The van der Waals surface area contributed by atoms with Gasteiger partial charge < -0.3 is 28.9 Å². The third kappa shape index (κ3) is 5.77. The van der Waals surface area contributed by atoms with Crippen LogP contribution in [0.1, 0.15) is 35.9 Å². The van der Waals surface area contributed by atoms with Gasteiger partial charge in [-0.05, 0) is 30.5 Å². The van der Waals surface area contributed by atoms with Crippen molar-refractivity contribution in [3.8, 4) is 5.75 Å². The first-order chi connectivity index (χ1) is 15.7. The zero-order chi connectivity index (χ0) is 23.6. The summed E-state index contributed by atoms with van der Waals surface area (Å²) in [5, 5.41) is 9.84. The molecule has 2 aliphatic heterocycles. The average Bonchev–Trinajstić information content (AvgIpc) is 3.42. The number of rotatable bonds is 5. The van der Waals surface area contributed by atoms with Crippen LogP contribution in [0.15, 0.2) is 36.8 Å². The van der Waals surface area contributed by atoms with Gasteiger partial charge in [0, 0.05) is 51.3 Å². The molecule has 2 fully saturated rings. The molecular formula is C22H27F3N4O4. The Balaban J connectivity index is 1.55. The van der Waals surface area contributed by atoms with Crippen molar-refractivity contribution in [1.82, 2.24) is 19.4 Å². The number of carbonyl (C=O) groups excluding carboxylic acids is 1. The summed E-state index contributed by atoms with van der Waals surface area (Å²) in [6.45, 7) is 2.06. The quantitative estimate of drug-likeness (QED) is 0.730. The molecule has 2 aliphatic rings. The lowest BCUT2D eigenvalue weighted by Crippen LogP contribution is -2.48. The molecule has 0 aliphatic carbocycles. The van der Waals surface area contributed by atoms with Crippen LogP contribution in [-0.2, 0) is 11.5 Å². The van der Waals surface area contributed by atoms with E-state index in [9.17, 15) is 23.1 Å². The Bertz CT molecular complexity index is 950. The van der Waals surface area contributed by atoms with E-state index in [2.05, 4.69) is 9.72 Å². The summed E-state index contributed by atoms with van der Waals surface area (Å²) < 4.78 is 48.4. The molecule has 11 heteroatoms. The van der Waals surface area contributed by atoms with Crippen molar-refractivity contribution in [1.29, 1.82) is 0 Å². The van der Waals surface area contributed by atoms with Gasteiger partial charge in [-0.2, -0.15) is 0 Å². The molecule has 3 atom stereocenters. The summed E-state index contributed by atoms with van der Waals surface area (Å²) in [6.07, 6.45) is -0.462. The number of nitrogens with zero attached hydrogens (tertiary/aromatic N) is 4. The van der Waals surface area contributed by atoms with E-state index in [0.29, 0.717) is 45.8 Å². The number of methoxy groups -OCH3 is 1. The molecule has 180 valence electrons. The van der Waals surface area contributed by atoms with Crippen LogP contribution in [0.3, 0.4) is 0 Å². The van der Waals surface area contributed by atoms with Gasteiger partial charge in [-0.15, -0.1) is 13.2 Å². The Morgan fingerprint density at radius 3 is 2.52 bits per heavy atom. The largest absolute Gasteiger partial charge is 0.573 e. The number of carbonyl (C=O) groups is 1. The zero-order valence-electron chi connectivity index (χ0n) is 18.2. The predicted octanol–water partition coefficient (Wildman–Crippen LogP) is 3.15. The molecule has 3 heterocycles. The number of urea groups is 1. The van der Waals surface area contributed by atoms with E-state index in [0.717, 1.165) is 11.3 Å². The Kier molecular flexibility index (Phi) is 6.80. The van der Waals surface area contributed by atoms with Crippen LogP contribution in [0, 0.1) is 0 Å². The second kappa shape index (κ2) is 9.60. The van der Waals surface area contributed by atoms with Crippen LogP contribution in [-0.4, -0.2) is 76.2 Å². The number of aliphatic hydroxyl groups excluding tert-OH is 1. The van der Waals surface area contributed by atoms with E-state index >= 15 is 0 Å². The van der Waals surface area contributed by atoms with Gasteiger partial charge in [0.25, 0.3) is 0 Å². The number of aromatic nitrogens is 2. The van der Waals surface area contributed by atoms with Gasteiger partial charge in [0.15, 0.2) is 0 Å². The first kappa shape index (κ1) is 23.4. The molecule has 33 heavy (non-hydrogen) atoms. The van der Waals surface area contributed by atoms with Crippen molar-refractivity contribution in [2.75, 3.05) is 33.3 Å². The van der Waals surface area contributed by atoms with Crippen LogP contribution < -0.4 is 4.74 Å². The summed E-state index contributed by atoms with van der Waals surface area (Å²) >= 11 is 0. The lowest BCUT2D eigenvalue weighted by Gasteiger charge is -2.39. The Morgan fingerprint density at radius 2 is 1.88 bits per heavy atom. The fourth-order valence-electron chi connectivity index (χ4n) is 4.58. The molecule has 3 unspecified atom stereocenters. The third-order valence-corrected chi connectivity index (χ3v) is 6.09. The van der Waals surface area contributed by atoms with Gasteiger partial charge in [-0.25, -0.2) is 9.78 Å². The minimum Gasteiger partial charge on any atom is -0.406 e. The van der Waals surface area contributed by atoms with Gasteiger partial charge in [0.1, 0.15) is 12.5 Å². The molecule has 2 amide bonds. The van der Waals surface area contributed by atoms with Crippen LogP contribution in [0.25, 0.3) is 0 Å². The van der Waals surface area contributed by atoms with Gasteiger partial charge in [-0.3, -0.25) is 0 Å². The Hall–Kier alpha value is -2.79. The maximum Gasteiger partial charge on any atom is 0.573 e. The average molecular weight is 468 g/mol. The van der Waals surface area contributed by atoms with Crippen molar-refractivity contribution >= 4 is 6.03 Å². The highest BCUT2D eigenvalue weighted by Gasteiger charge is 2.36. The third-order valence-electron chi connectivity index (χ3n) is 6.09. The molecule has 1 aromatic heterocycles. The molecule has 1 N–H and O–H groups in total. The minimum absolute atomic E-state index is 0.0514. The molecule has 0 saturated carbocycles. The summed E-state index contributed by atoms with van der Waals surface area (Å²) in [4.78, 5) is 21.1. The first-order valence-corrected chi connectivity index (χ1v) is 10.8. The number of piperidine rings is 1. The van der Waals surface area contributed by atoms with Crippen molar-refractivity contribution in [2.24, 2.45) is 0 Å². The number of hydrogen-bond acceptors (Lipinski definition) is 5. The topological polar surface area (TPSA) is 80.1 Å². The van der Waals surface area contributed by atoms with E-state index in [4.69, 9.17) is 4.74 Å². The van der Waals surface area contributed by atoms with E-state index in [1.165, 1.54) is 12.1 Å². The number of amides is 2. The van der Waals surface area contributed by atoms with Gasteiger partial charge in [-0.1, -0.05) is 12.1 Å². The van der Waals surface area contributed by atoms with Crippen molar-refractivity contribution in [3.63, 3.8) is 0 Å². The molecule has 2 saturated heterocycles. The van der Waals surface area contributed by atoms with Crippen LogP contribution in [0.4, 0.5) is 18.0 Å². The van der Waals surface area contributed by atoms with Gasteiger partial charge in [0.05, 0.1) is 18.1 Å². The molecule has 0 radical (unpaired) electrons. The fourth-order valence-corrected chi connectivity index (χ4v) is 4.58. The highest BCUT2D eigenvalue weighted by molar-refractivity contribution is 5.75. The number of imidazole rings is 1. The van der Waals surface area contributed by atoms with E-state index in [-0.39, 0.29) is 23.6 Å². The molecule has 2 aromatic rings. The van der Waals surface area contributed by atoms with Crippen LogP contribution in [0.5, 0.6) is 5.75 Å². The van der Waals surface area contributed by atoms with Crippen LogP contribution in [0.2, 0.25) is 0 Å². The number of ether oxygens (including phenoxy) is 2. The number of hydrogen-bond donors (Lipinski definition) is 1. The molecule has 0 bridgehead atoms. The maximum absolute atomic E-state index is 13.2. The second-order valence-electron chi connectivity index (χ2n) is 8.55. The minimum atomic E-state index is -4.75. The summed E-state index contributed by atoms with van der Waals surface area (Å²) in [6, 6.07) is 5.67. The highest BCUT2D eigenvalue weighted by Crippen LogP contribution is 2.37. The summed E-state index contributed by atoms with van der Waals surface area (Å²) in [5.74, 6) is -0.423. The van der Waals surface area contributed by atoms with Gasteiger partial charge in [0.2, 0.25) is 0 Å². The van der Waals surface area contributed by atoms with E-state index in [1.54, 1.807) is 35.4 Å². The normalized spacial score (nSPS) is 23.7. The molecular weight excluding hydrogens is 441 g/mol. The number of halogens is 3. The zero-order valence-corrected chi connectivity index (χ0v) is 18.2. The lowest BCUT2D eigenvalue weighted by molar-refractivity contribution is -0.274. The highest BCUT2D eigenvalue weighted by atomic mass is 19.4. The Morgan fingerprint density at radius 1 is 1.15 bits per heavy atom. The summed E-state index contributed by atoms with van der Waals surface area (Å²) in [7, 11) is 1.59. The number of aliphatic hydroxyl groups is 1. The Labute approximate surface area is 189 Å². The fraction of sp³-hybridized carbons (Fsp3) is 0.545. The van der Waals surface area contributed by atoms with E-state index in [1.807, 2.05) is 10.8 Å². The monoisotopic (exact) mass is 468 g/mol.